The first-order valence-corrected chi connectivity index (χ1v) is 10.4. The van der Waals surface area contributed by atoms with Crippen LogP contribution in [0.4, 0.5) is 13.2 Å². The fourth-order valence-corrected chi connectivity index (χ4v) is 4.52. The highest BCUT2D eigenvalue weighted by Crippen LogP contribution is 2.41. The molecule has 2 N–H and O–H groups in total. The number of carboxylic acids is 1. The standard InChI is InChI=1S/C22H20Cl2F3NO3/c23-17-7-6-15(13-4-2-1-3-5-13)19(24)16(17)12-18(29)28-21(20(30)31)10-8-14(9-11-21)22(25,26)27/h1-7,14H,8-12H2,(H,28,29)(H,30,31). The van der Waals surface area contributed by atoms with E-state index in [0.717, 1.165) is 5.56 Å². The summed E-state index contributed by atoms with van der Waals surface area (Å²) in [4.78, 5) is 24.6. The van der Waals surface area contributed by atoms with Gasteiger partial charge in [-0.15, -0.1) is 0 Å². The topological polar surface area (TPSA) is 66.4 Å². The van der Waals surface area contributed by atoms with Crippen molar-refractivity contribution in [1.82, 2.24) is 5.32 Å². The monoisotopic (exact) mass is 473 g/mol. The summed E-state index contributed by atoms with van der Waals surface area (Å²) >= 11 is 12.7. The molecule has 0 spiro atoms. The van der Waals surface area contributed by atoms with Gasteiger partial charge in [0, 0.05) is 10.6 Å². The minimum Gasteiger partial charge on any atom is -0.480 e. The molecule has 1 saturated carbocycles. The third-order valence-corrected chi connectivity index (χ3v) is 6.48. The zero-order valence-corrected chi connectivity index (χ0v) is 17.8. The van der Waals surface area contributed by atoms with Crippen LogP contribution < -0.4 is 5.32 Å². The number of benzene rings is 2. The summed E-state index contributed by atoms with van der Waals surface area (Å²) in [6.45, 7) is 0. The fourth-order valence-electron chi connectivity index (χ4n) is 3.90. The number of carbonyl (C=O) groups is 2. The van der Waals surface area contributed by atoms with Gasteiger partial charge < -0.3 is 10.4 Å². The minimum absolute atomic E-state index is 0.241. The molecule has 2 aromatic rings. The van der Waals surface area contributed by atoms with Crippen molar-refractivity contribution in [3.05, 3.63) is 58.1 Å². The average molecular weight is 474 g/mol. The second-order valence-corrected chi connectivity index (χ2v) is 8.47. The van der Waals surface area contributed by atoms with E-state index in [9.17, 15) is 27.9 Å². The van der Waals surface area contributed by atoms with Crippen molar-refractivity contribution in [2.75, 3.05) is 0 Å². The van der Waals surface area contributed by atoms with Crippen LogP contribution >= 0.6 is 23.2 Å². The summed E-state index contributed by atoms with van der Waals surface area (Å²) < 4.78 is 38.8. The Bertz CT molecular complexity index is 972. The van der Waals surface area contributed by atoms with Gasteiger partial charge in [-0.05, 0) is 42.9 Å². The van der Waals surface area contributed by atoms with Crippen molar-refractivity contribution in [2.24, 2.45) is 5.92 Å². The van der Waals surface area contributed by atoms with E-state index in [1.165, 1.54) is 0 Å². The van der Waals surface area contributed by atoms with Crippen LogP contribution in [0.3, 0.4) is 0 Å². The first-order chi connectivity index (χ1) is 14.5. The second kappa shape index (κ2) is 9.09. The Morgan fingerprint density at radius 2 is 1.68 bits per heavy atom. The van der Waals surface area contributed by atoms with Crippen molar-refractivity contribution in [1.29, 1.82) is 0 Å². The van der Waals surface area contributed by atoms with Crippen LogP contribution in [-0.4, -0.2) is 28.7 Å². The van der Waals surface area contributed by atoms with Gasteiger partial charge >= 0.3 is 12.1 Å². The summed E-state index contributed by atoms with van der Waals surface area (Å²) in [6.07, 6.45) is -6.00. The van der Waals surface area contributed by atoms with Crippen molar-refractivity contribution >= 4 is 35.1 Å². The molecule has 1 aliphatic carbocycles. The summed E-state index contributed by atoms with van der Waals surface area (Å²) in [6, 6.07) is 12.5. The smallest absolute Gasteiger partial charge is 0.391 e. The van der Waals surface area contributed by atoms with E-state index in [1.54, 1.807) is 12.1 Å². The summed E-state index contributed by atoms with van der Waals surface area (Å²) in [7, 11) is 0. The highest BCUT2D eigenvalue weighted by Gasteiger charge is 2.49. The van der Waals surface area contributed by atoms with E-state index >= 15 is 0 Å². The van der Waals surface area contributed by atoms with Crippen molar-refractivity contribution < 1.29 is 27.9 Å². The maximum atomic E-state index is 12.9. The molecule has 0 aromatic heterocycles. The minimum atomic E-state index is -4.38. The molecule has 4 nitrogen and oxygen atoms in total. The number of rotatable bonds is 5. The lowest BCUT2D eigenvalue weighted by molar-refractivity contribution is -0.188. The molecular weight excluding hydrogens is 454 g/mol. The molecule has 2 aromatic carbocycles. The highest BCUT2D eigenvalue weighted by molar-refractivity contribution is 6.38. The van der Waals surface area contributed by atoms with Crippen molar-refractivity contribution in [2.45, 2.75) is 43.8 Å². The Kier molecular flexibility index (Phi) is 6.86. The molecule has 1 aliphatic rings. The molecule has 3 rings (SSSR count). The lowest BCUT2D eigenvalue weighted by Crippen LogP contribution is -2.57. The lowest BCUT2D eigenvalue weighted by atomic mass is 9.76. The molecule has 0 unspecified atom stereocenters. The van der Waals surface area contributed by atoms with Crippen LogP contribution in [0.15, 0.2) is 42.5 Å². The normalized spacial score (nSPS) is 21.5. The molecule has 1 amide bonds. The van der Waals surface area contributed by atoms with Gasteiger partial charge in [0.2, 0.25) is 5.91 Å². The Hall–Kier alpha value is -2.25. The van der Waals surface area contributed by atoms with E-state index < -0.39 is 29.5 Å². The fraction of sp³-hybridized carbons (Fsp3) is 0.364. The number of aliphatic carboxylic acids is 1. The van der Waals surface area contributed by atoms with E-state index in [0.29, 0.717) is 11.1 Å². The van der Waals surface area contributed by atoms with Crippen molar-refractivity contribution in [3.63, 3.8) is 0 Å². The Morgan fingerprint density at radius 1 is 1.06 bits per heavy atom. The Balaban J connectivity index is 1.79. The zero-order valence-electron chi connectivity index (χ0n) is 16.3. The van der Waals surface area contributed by atoms with Gasteiger partial charge in [0.05, 0.1) is 17.4 Å². The number of alkyl halides is 3. The average Bonchev–Trinajstić information content (AvgIpc) is 2.71. The first kappa shape index (κ1) is 23.4. The maximum absolute atomic E-state index is 12.9. The van der Waals surface area contributed by atoms with Crippen LogP contribution in [0, 0.1) is 5.92 Å². The molecule has 0 heterocycles. The molecule has 0 bridgehead atoms. The quantitative estimate of drug-likeness (QED) is 0.568. The molecule has 0 saturated heterocycles. The van der Waals surface area contributed by atoms with Gasteiger partial charge in [0.1, 0.15) is 5.54 Å². The second-order valence-electron chi connectivity index (χ2n) is 7.68. The molecule has 31 heavy (non-hydrogen) atoms. The van der Waals surface area contributed by atoms with E-state index in [1.807, 2.05) is 30.3 Å². The van der Waals surface area contributed by atoms with Crippen LogP contribution in [0.1, 0.15) is 31.2 Å². The van der Waals surface area contributed by atoms with E-state index in [4.69, 9.17) is 23.2 Å². The van der Waals surface area contributed by atoms with Gasteiger partial charge in [0.25, 0.3) is 0 Å². The molecule has 1 fully saturated rings. The molecule has 9 heteroatoms. The molecular formula is C22H20Cl2F3NO3. The number of hydrogen-bond acceptors (Lipinski definition) is 2. The number of amides is 1. The SMILES string of the molecule is O=C(Cc1c(Cl)ccc(-c2ccccc2)c1Cl)NC1(C(=O)O)CCC(C(F)(F)F)CC1. The number of halogens is 5. The Morgan fingerprint density at radius 3 is 2.23 bits per heavy atom. The van der Waals surface area contributed by atoms with Gasteiger partial charge in [-0.2, -0.15) is 13.2 Å². The van der Waals surface area contributed by atoms with Crippen LogP contribution in [0.25, 0.3) is 11.1 Å². The highest BCUT2D eigenvalue weighted by atomic mass is 35.5. The molecule has 0 atom stereocenters. The third kappa shape index (κ3) is 5.15. The third-order valence-electron chi connectivity index (χ3n) is 5.70. The summed E-state index contributed by atoms with van der Waals surface area (Å²) in [5.41, 5.74) is 0.0626. The van der Waals surface area contributed by atoms with Gasteiger partial charge in [-0.3, -0.25) is 4.79 Å². The van der Waals surface area contributed by atoms with Gasteiger partial charge in [0.15, 0.2) is 0 Å². The number of hydrogen-bond donors (Lipinski definition) is 2. The van der Waals surface area contributed by atoms with Crippen LogP contribution in [0.5, 0.6) is 0 Å². The van der Waals surface area contributed by atoms with E-state index in [-0.39, 0.29) is 42.1 Å². The van der Waals surface area contributed by atoms with Gasteiger partial charge in [-0.1, -0.05) is 59.6 Å². The Labute approximate surface area is 187 Å². The largest absolute Gasteiger partial charge is 0.480 e. The van der Waals surface area contributed by atoms with E-state index in [2.05, 4.69) is 5.32 Å². The lowest BCUT2D eigenvalue weighted by Gasteiger charge is -2.38. The van der Waals surface area contributed by atoms with Crippen LogP contribution in [0.2, 0.25) is 10.0 Å². The van der Waals surface area contributed by atoms with Crippen LogP contribution in [-0.2, 0) is 16.0 Å². The molecule has 0 radical (unpaired) electrons. The molecule has 0 aliphatic heterocycles. The zero-order chi connectivity index (χ0) is 22.8. The summed E-state index contributed by atoms with van der Waals surface area (Å²) in [5.74, 6) is -3.58. The molecule has 166 valence electrons. The summed E-state index contributed by atoms with van der Waals surface area (Å²) in [5, 5.41) is 12.6. The van der Waals surface area contributed by atoms with Gasteiger partial charge in [-0.25, -0.2) is 4.79 Å². The first-order valence-electron chi connectivity index (χ1n) is 9.67. The predicted octanol–water partition coefficient (Wildman–Crippen LogP) is 5.90. The maximum Gasteiger partial charge on any atom is 0.391 e. The predicted molar refractivity (Wildman–Crippen MR) is 112 cm³/mol. The van der Waals surface area contributed by atoms with Crippen molar-refractivity contribution in [3.8, 4) is 11.1 Å². The number of carboxylic acid groups (broad SMARTS) is 1. The number of carbonyl (C=O) groups excluding carboxylic acids is 1. The number of nitrogens with one attached hydrogen (secondary N) is 1.